The summed E-state index contributed by atoms with van der Waals surface area (Å²) in [6.45, 7) is 0.780. The van der Waals surface area contributed by atoms with Crippen molar-refractivity contribution in [3.63, 3.8) is 0 Å². The van der Waals surface area contributed by atoms with Crippen LogP contribution in [0.5, 0.6) is 5.75 Å². The van der Waals surface area contributed by atoms with Gasteiger partial charge in [0.05, 0.1) is 0 Å². The zero-order valence-electron chi connectivity index (χ0n) is 10.9. The van der Waals surface area contributed by atoms with E-state index >= 15 is 0 Å². The SMILES string of the molecule is Oc1ccc2ccnc(NCCCc3ncn[nH]3)c2c1. The second-order valence-electron chi connectivity index (χ2n) is 4.53. The van der Waals surface area contributed by atoms with E-state index < -0.39 is 0 Å². The van der Waals surface area contributed by atoms with Crippen molar-refractivity contribution in [2.45, 2.75) is 12.8 Å². The highest BCUT2D eigenvalue weighted by Crippen LogP contribution is 2.24. The molecule has 0 fully saturated rings. The van der Waals surface area contributed by atoms with Gasteiger partial charge in [-0.15, -0.1) is 0 Å². The fourth-order valence-electron chi connectivity index (χ4n) is 2.11. The topological polar surface area (TPSA) is 86.7 Å². The number of rotatable bonds is 5. The lowest BCUT2D eigenvalue weighted by molar-refractivity contribution is 0.476. The van der Waals surface area contributed by atoms with Gasteiger partial charge in [0.1, 0.15) is 23.7 Å². The summed E-state index contributed by atoms with van der Waals surface area (Å²) in [6.07, 6.45) is 5.03. The number of aromatic nitrogens is 4. The van der Waals surface area contributed by atoms with Crippen LogP contribution in [0.15, 0.2) is 36.8 Å². The van der Waals surface area contributed by atoms with E-state index in [2.05, 4.69) is 25.5 Å². The molecule has 6 nitrogen and oxygen atoms in total. The molecule has 0 saturated carbocycles. The minimum atomic E-state index is 0.246. The number of nitrogens with zero attached hydrogens (tertiary/aromatic N) is 3. The first-order valence-electron chi connectivity index (χ1n) is 6.49. The van der Waals surface area contributed by atoms with Crippen LogP contribution in [-0.4, -0.2) is 31.8 Å². The highest BCUT2D eigenvalue weighted by atomic mass is 16.3. The van der Waals surface area contributed by atoms with Crippen LogP contribution in [-0.2, 0) is 6.42 Å². The van der Waals surface area contributed by atoms with Crippen molar-refractivity contribution in [2.24, 2.45) is 0 Å². The van der Waals surface area contributed by atoms with Crippen LogP contribution < -0.4 is 5.32 Å². The van der Waals surface area contributed by atoms with Gasteiger partial charge in [-0.3, -0.25) is 5.10 Å². The molecule has 6 heteroatoms. The number of hydrogen-bond acceptors (Lipinski definition) is 5. The molecule has 2 aromatic heterocycles. The fraction of sp³-hybridized carbons (Fsp3) is 0.214. The molecule has 3 aromatic rings. The lowest BCUT2D eigenvalue weighted by Gasteiger charge is -2.08. The van der Waals surface area contributed by atoms with Crippen LogP contribution in [0.3, 0.4) is 0 Å². The summed E-state index contributed by atoms with van der Waals surface area (Å²) in [7, 11) is 0. The summed E-state index contributed by atoms with van der Waals surface area (Å²) in [4.78, 5) is 8.40. The Kier molecular flexibility index (Phi) is 3.45. The van der Waals surface area contributed by atoms with Crippen LogP contribution in [0, 0.1) is 0 Å². The van der Waals surface area contributed by atoms with Crippen LogP contribution >= 0.6 is 0 Å². The summed E-state index contributed by atoms with van der Waals surface area (Å²) in [5.74, 6) is 1.92. The number of aromatic hydroxyl groups is 1. The number of nitrogens with one attached hydrogen (secondary N) is 2. The zero-order chi connectivity index (χ0) is 13.8. The number of anilines is 1. The highest BCUT2D eigenvalue weighted by molar-refractivity contribution is 5.92. The molecule has 0 radical (unpaired) electrons. The third-order valence-electron chi connectivity index (χ3n) is 3.10. The maximum atomic E-state index is 9.58. The number of pyridine rings is 1. The maximum absolute atomic E-state index is 9.58. The van der Waals surface area contributed by atoms with Gasteiger partial charge in [0, 0.05) is 24.5 Å². The summed E-state index contributed by atoms with van der Waals surface area (Å²) >= 11 is 0. The number of aryl methyl sites for hydroxylation is 1. The van der Waals surface area contributed by atoms with Gasteiger partial charge in [0.25, 0.3) is 0 Å². The Bertz CT molecular complexity index is 696. The number of phenols is 1. The number of fused-ring (bicyclic) bond motifs is 1. The molecule has 3 rings (SSSR count). The average Bonchev–Trinajstić information content (AvgIpc) is 2.97. The minimum Gasteiger partial charge on any atom is -0.508 e. The van der Waals surface area contributed by atoms with E-state index in [1.165, 1.54) is 6.33 Å². The van der Waals surface area contributed by atoms with E-state index in [9.17, 15) is 5.11 Å². The van der Waals surface area contributed by atoms with Crippen LogP contribution in [0.1, 0.15) is 12.2 Å². The summed E-state index contributed by atoms with van der Waals surface area (Å²) in [5.41, 5.74) is 0. The lowest BCUT2D eigenvalue weighted by atomic mass is 10.1. The number of benzene rings is 1. The van der Waals surface area contributed by atoms with Crippen LogP contribution in [0.25, 0.3) is 10.8 Å². The number of H-pyrrole nitrogens is 1. The monoisotopic (exact) mass is 269 g/mol. The van der Waals surface area contributed by atoms with Crippen LogP contribution in [0.2, 0.25) is 0 Å². The Balaban J connectivity index is 1.66. The number of phenolic OH excluding ortho intramolecular Hbond substituents is 1. The average molecular weight is 269 g/mol. The molecule has 0 unspecified atom stereocenters. The van der Waals surface area contributed by atoms with Gasteiger partial charge >= 0.3 is 0 Å². The molecule has 0 amide bonds. The first-order valence-corrected chi connectivity index (χ1v) is 6.49. The Morgan fingerprint density at radius 2 is 2.15 bits per heavy atom. The minimum absolute atomic E-state index is 0.246. The molecule has 0 aliphatic rings. The first-order chi connectivity index (χ1) is 9.83. The van der Waals surface area contributed by atoms with E-state index in [1.54, 1.807) is 18.3 Å². The Morgan fingerprint density at radius 1 is 1.20 bits per heavy atom. The molecule has 0 aliphatic carbocycles. The predicted octanol–water partition coefficient (Wildman–Crippen LogP) is 2.10. The maximum Gasteiger partial charge on any atom is 0.137 e. The normalized spacial score (nSPS) is 10.8. The van der Waals surface area contributed by atoms with Gasteiger partial charge < -0.3 is 10.4 Å². The summed E-state index contributed by atoms with van der Waals surface area (Å²) in [6, 6.07) is 7.21. The van der Waals surface area contributed by atoms with Crippen molar-refractivity contribution >= 4 is 16.6 Å². The van der Waals surface area contributed by atoms with Gasteiger partial charge in [-0.1, -0.05) is 6.07 Å². The number of aromatic amines is 1. The predicted molar refractivity (Wildman–Crippen MR) is 76.6 cm³/mol. The van der Waals surface area contributed by atoms with Crippen molar-refractivity contribution in [3.8, 4) is 5.75 Å². The molecule has 20 heavy (non-hydrogen) atoms. The van der Waals surface area contributed by atoms with Crippen LogP contribution in [0.4, 0.5) is 5.82 Å². The Labute approximate surface area is 115 Å². The molecule has 0 bridgehead atoms. The van der Waals surface area contributed by atoms with Gasteiger partial charge in [-0.2, -0.15) is 5.10 Å². The van der Waals surface area contributed by atoms with Crippen molar-refractivity contribution in [1.82, 2.24) is 20.2 Å². The van der Waals surface area contributed by atoms with Crippen molar-refractivity contribution in [2.75, 3.05) is 11.9 Å². The second kappa shape index (κ2) is 5.56. The highest BCUT2D eigenvalue weighted by Gasteiger charge is 2.03. The lowest BCUT2D eigenvalue weighted by Crippen LogP contribution is -2.05. The van der Waals surface area contributed by atoms with E-state index in [-0.39, 0.29) is 5.75 Å². The third-order valence-corrected chi connectivity index (χ3v) is 3.10. The largest absolute Gasteiger partial charge is 0.508 e. The van der Waals surface area contributed by atoms with Gasteiger partial charge in [-0.25, -0.2) is 9.97 Å². The molecule has 0 spiro atoms. The molecule has 1 aromatic carbocycles. The van der Waals surface area contributed by atoms with E-state index in [1.807, 2.05) is 12.1 Å². The fourth-order valence-corrected chi connectivity index (χ4v) is 2.11. The first kappa shape index (κ1) is 12.4. The van der Waals surface area contributed by atoms with Gasteiger partial charge in [0.15, 0.2) is 0 Å². The van der Waals surface area contributed by atoms with Crippen molar-refractivity contribution in [1.29, 1.82) is 0 Å². The van der Waals surface area contributed by atoms with E-state index in [4.69, 9.17) is 0 Å². The Morgan fingerprint density at radius 3 is 3.00 bits per heavy atom. The molecule has 0 aliphatic heterocycles. The summed E-state index contributed by atoms with van der Waals surface area (Å²) < 4.78 is 0. The molecular formula is C14H15N5O. The third kappa shape index (κ3) is 2.69. The Hall–Kier alpha value is -2.63. The quantitative estimate of drug-likeness (QED) is 0.617. The van der Waals surface area contributed by atoms with Crippen molar-refractivity contribution in [3.05, 3.63) is 42.6 Å². The second-order valence-corrected chi connectivity index (χ2v) is 4.53. The molecular weight excluding hydrogens is 254 g/mol. The molecule has 102 valence electrons. The molecule has 0 saturated heterocycles. The van der Waals surface area contributed by atoms with E-state index in [0.29, 0.717) is 0 Å². The molecule has 0 atom stereocenters. The van der Waals surface area contributed by atoms with E-state index in [0.717, 1.165) is 41.8 Å². The zero-order valence-corrected chi connectivity index (χ0v) is 10.9. The summed E-state index contributed by atoms with van der Waals surface area (Å²) in [5, 5.41) is 21.5. The van der Waals surface area contributed by atoms with Gasteiger partial charge in [-0.05, 0) is 30.0 Å². The molecule has 2 heterocycles. The van der Waals surface area contributed by atoms with Crippen molar-refractivity contribution < 1.29 is 5.11 Å². The standard InChI is InChI=1S/C14H15N5O/c20-11-4-3-10-5-7-16-14(12(10)8-11)15-6-1-2-13-17-9-18-19-13/h3-5,7-9,20H,1-2,6H2,(H,15,16)(H,17,18,19). The molecule has 3 N–H and O–H groups in total. The smallest absolute Gasteiger partial charge is 0.137 e. The number of hydrogen-bond donors (Lipinski definition) is 3. The van der Waals surface area contributed by atoms with Gasteiger partial charge in [0.2, 0.25) is 0 Å².